The van der Waals surface area contributed by atoms with Crippen LogP contribution < -0.4 is 20.1 Å². The number of carbonyl (C=O) groups is 2. The van der Waals surface area contributed by atoms with Crippen molar-refractivity contribution in [1.29, 1.82) is 0 Å². The number of hydrogen-bond acceptors (Lipinski definition) is 4. The zero-order valence-electron chi connectivity index (χ0n) is 13.8. The first kappa shape index (κ1) is 17.1. The highest BCUT2D eigenvalue weighted by molar-refractivity contribution is 6.39. The third kappa shape index (κ3) is 4.37. The molecule has 1 fully saturated rings. The second kappa shape index (κ2) is 7.85. The van der Waals surface area contributed by atoms with E-state index in [4.69, 9.17) is 9.47 Å². The Hall–Kier alpha value is -2.24. The van der Waals surface area contributed by atoms with Gasteiger partial charge in [0, 0.05) is 12.1 Å². The zero-order chi connectivity index (χ0) is 16.8. The second-order valence-corrected chi connectivity index (χ2v) is 5.86. The van der Waals surface area contributed by atoms with E-state index in [-0.39, 0.29) is 6.04 Å². The summed E-state index contributed by atoms with van der Waals surface area (Å²) >= 11 is 0. The number of amides is 2. The van der Waals surface area contributed by atoms with Crippen LogP contribution >= 0.6 is 0 Å². The Morgan fingerprint density at radius 2 is 1.83 bits per heavy atom. The van der Waals surface area contributed by atoms with E-state index in [1.807, 2.05) is 0 Å². The van der Waals surface area contributed by atoms with Gasteiger partial charge in [0.1, 0.15) is 11.5 Å². The Morgan fingerprint density at radius 3 is 2.48 bits per heavy atom. The summed E-state index contributed by atoms with van der Waals surface area (Å²) < 4.78 is 10.3. The van der Waals surface area contributed by atoms with Crippen molar-refractivity contribution in [2.24, 2.45) is 5.92 Å². The van der Waals surface area contributed by atoms with Crippen LogP contribution in [0.15, 0.2) is 18.2 Å². The first-order valence-corrected chi connectivity index (χ1v) is 7.89. The zero-order valence-corrected chi connectivity index (χ0v) is 13.8. The molecule has 0 aromatic heterocycles. The van der Waals surface area contributed by atoms with Crippen molar-refractivity contribution in [2.75, 3.05) is 19.5 Å². The van der Waals surface area contributed by atoms with Gasteiger partial charge in [-0.05, 0) is 30.9 Å². The molecule has 6 nitrogen and oxygen atoms in total. The van der Waals surface area contributed by atoms with E-state index in [1.165, 1.54) is 20.6 Å². The molecule has 1 aliphatic rings. The molecule has 0 heterocycles. The standard InChI is InChI=1S/C17H24N2O4/c1-11-6-4-5-7-13(11)18-16(20)17(21)19-14-10-12(22-2)8-9-15(14)23-3/h8-11,13H,4-7H2,1-3H3,(H,18,20)(H,19,21)/t11-,13-/m1/s1. The van der Waals surface area contributed by atoms with Crippen molar-refractivity contribution in [1.82, 2.24) is 5.32 Å². The van der Waals surface area contributed by atoms with E-state index in [1.54, 1.807) is 18.2 Å². The maximum absolute atomic E-state index is 12.1. The van der Waals surface area contributed by atoms with Crippen LogP contribution in [-0.2, 0) is 9.59 Å². The number of nitrogens with one attached hydrogen (secondary N) is 2. The third-order valence-corrected chi connectivity index (χ3v) is 4.29. The van der Waals surface area contributed by atoms with Crippen LogP contribution in [0.5, 0.6) is 11.5 Å². The van der Waals surface area contributed by atoms with E-state index in [0.717, 1.165) is 19.3 Å². The van der Waals surface area contributed by atoms with Crippen molar-refractivity contribution < 1.29 is 19.1 Å². The van der Waals surface area contributed by atoms with Crippen LogP contribution in [0.4, 0.5) is 5.69 Å². The molecule has 23 heavy (non-hydrogen) atoms. The summed E-state index contributed by atoms with van der Waals surface area (Å²) in [6.45, 7) is 2.10. The molecule has 0 aliphatic heterocycles. The molecule has 2 rings (SSSR count). The number of benzene rings is 1. The van der Waals surface area contributed by atoms with Gasteiger partial charge in [0.05, 0.1) is 19.9 Å². The van der Waals surface area contributed by atoms with Crippen molar-refractivity contribution in [3.63, 3.8) is 0 Å². The number of methoxy groups -OCH3 is 2. The quantitative estimate of drug-likeness (QED) is 0.835. The van der Waals surface area contributed by atoms with Gasteiger partial charge in [-0.2, -0.15) is 0 Å². The molecule has 0 bridgehead atoms. The summed E-state index contributed by atoms with van der Waals surface area (Å²) in [5.41, 5.74) is 0.406. The van der Waals surface area contributed by atoms with Crippen molar-refractivity contribution >= 4 is 17.5 Å². The van der Waals surface area contributed by atoms with Crippen LogP contribution in [0.25, 0.3) is 0 Å². The highest BCUT2D eigenvalue weighted by atomic mass is 16.5. The molecule has 1 aliphatic carbocycles. The first-order chi connectivity index (χ1) is 11.0. The summed E-state index contributed by atoms with van der Waals surface area (Å²) in [5, 5.41) is 5.42. The molecule has 0 radical (unpaired) electrons. The monoisotopic (exact) mass is 320 g/mol. The first-order valence-electron chi connectivity index (χ1n) is 7.89. The van der Waals surface area contributed by atoms with E-state index >= 15 is 0 Å². The number of anilines is 1. The highest BCUT2D eigenvalue weighted by Crippen LogP contribution is 2.29. The second-order valence-electron chi connectivity index (χ2n) is 5.86. The summed E-state index contributed by atoms with van der Waals surface area (Å²) in [4.78, 5) is 24.3. The Bertz CT molecular complexity index is 574. The van der Waals surface area contributed by atoms with Gasteiger partial charge in [-0.25, -0.2) is 0 Å². The van der Waals surface area contributed by atoms with E-state index < -0.39 is 11.8 Å². The lowest BCUT2D eigenvalue weighted by molar-refractivity contribution is -0.137. The van der Waals surface area contributed by atoms with Crippen LogP contribution in [0.1, 0.15) is 32.6 Å². The lowest BCUT2D eigenvalue weighted by Crippen LogP contribution is -2.45. The summed E-state index contributed by atoms with van der Waals surface area (Å²) in [6.07, 6.45) is 4.26. The predicted molar refractivity (Wildman–Crippen MR) is 87.7 cm³/mol. The predicted octanol–water partition coefficient (Wildman–Crippen LogP) is 2.34. The van der Waals surface area contributed by atoms with Gasteiger partial charge in [0.25, 0.3) is 0 Å². The fourth-order valence-electron chi connectivity index (χ4n) is 2.86. The van der Waals surface area contributed by atoms with Gasteiger partial charge >= 0.3 is 11.8 Å². The SMILES string of the molecule is COc1ccc(OC)c(NC(=O)C(=O)N[C@@H]2CCCC[C@H]2C)c1. The van der Waals surface area contributed by atoms with Crippen LogP contribution in [0.3, 0.4) is 0 Å². The molecule has 1 aromatic rings. The number of carbonyl (C=O) groups excluding carboxylic acids is 2. The highest BCUT2D eigenvalue weighted by Gasteiger charge is 2.25. The Labute approximate surface area is 136 Å². The van der Waals surface area contributed by atoms with Gasteiger partial charge in [-0.3, -0.25) is 9.59 Å². The van der Waals surface area contributed by atoms with Gasteiger partial charge < -0.3 is 20.1 Å². The maximum Gasteiger partial charge on any atom is 0.313 e. The Kier molecular flexibility index (Phi) is 5.84. The minimum Gasteiger partial charge on any atom is -0.497 e. The number of ether oxygens (including phenoxy) is 2. The molecule has 0 spiro atoms. The molecular formula is C17H24N2O4. The molecule has 2 N–H and O–H groups in total. The topological polar surface area (TPSA) is 76.7 Å². The van der Waals surface area contributed by atoms with Gasteiger partial charge in [-0.1, -0.05) is 19.8 Å². The minimum atomic E-state index is -0.700. The van der Waals surface area contributed by atoms with Crippen LogP contribution in [-0.4, -0.2) is 32.1 Å². The van der Waals surface area contributed by atoms with Crippen molar-refractivity contribution in [3.8, 4) is 11.5 Å². The molecule has 0 saturated heterocycles. The van der Waals surface area contributed by atoms with Crippen molar-refractivity contribution in [2.45, 2.75) is 38.6 Å². The fourth-order valence-corrected chi connectivity index (χ4v) is 2.86. The average Bonchev–Trinajstić information content (AvgIpc) is 2.56. The molecule has 126 valence electrons. The van der Waals surface area contributed by atoms with Gasteiger partial charge in [0.15, 0.2) is 0 Å². The third-order valence-electron chi connectivity index (χ3n) is 4.29. The van der Waals surface area contributed by atoms with Crippen molar-refractivity contribution in [3.05, 3.63) is 18.2 Å². The van der Waals surface area contributed by atoms with E-state index in [9.17, 15) is 9.59 Å². The largest absolute Gasteiger partial charge is 0.497 e. The summed E-state index contributed by atoms with van der Waals surface area (Å²) in [5.74, 6) is 0.121. The lowest BCUT2D eigenvalue weighted by atomic mass is 9.86. The maximum atomic E-state index is 12.1. The fraction of sp³-hybridized carbons (Fsp3) is 0.529. The molecule has 2 atom stereocenters. The summed E-state index contributed by atoms with van der Waals surface area (Å²) in [6, 6.07) is 5.08. The number of rotatable bonds is 4. The molecule has 0 unspecified atom stereocenters. The molecular weight excluding hydrogens is 296 g/mol. The normalized spacial score (nSPS) is 20.5. The lowest BCUT2D eigenvalue weighted by Gasteiger charge is -2.29. The molecule has 2 amide bonds. The number of hydrogen-bond donors (Lipinski definition) is 2. The van der Waals surface area contributed by atoms with E-state index in [0.29, 0.717) is 23.1 Å². The molecule has 1 aromatic carbocycles. The molecule has 1 saturated carbocycles. The van der Waals surface area contributed by atoms with Crippen LogP contribution in [0.2, 0.25) is 0 Å². The molecule has 6 heteroatoms. The summed E-state index contributed by atoms with van der Waals surface area (Å²) in [7, 11) is 3.03. The van der Waals surface area contributed by atoms with E-state index in [2.05, 4.69) is 17.6 Å². The smallest absolute Gasteiger partial charge is 0.313 e. The van der Waals surface area contributed by atoms with Gasteiger partial charge in [-0.15, -0.1) is 0 Å². The average molecular weight is 320 g/mol. The Morgan fingerprint density at radius 1 is 1.09 bits per heavy atom. The van der Waals surface area contributed by atoms with Crippen LogP contribution in [0, 0.1) is 5.92 Å². The Balaban J connectivity index is 2.01. The van der Waals surface area contributed by atoms with Gasteiger partial charge in [0.2, 0.25) is 0 Å². The minimum absolute atomic E-state index is 0.0641.